The zero-order chi connectivity index (χ0) is 34.7. The van der Waals surface area contributed by atoms with Crippen molar-refractivity contribution < 1.29 is 45.7 Å². The summed E-state index contributed by atoms with van der Waals surface area (Å²) < 4.78 is 1.34. The van der Waals surface area contributed by atoms with Crippen LogP contribution in [-0.2, 0) is 31.7 Å². The Morgan fingerprint density at radius 3 is 1.31 bits per heavy atom. The van der Waals surface area contributed by atoms with Gasteiger partial charge in [-0.1, -0.05) is 0 Å². The molecule has 0 amide bonds. The van der Waals surface area contributed by atoms with Gasteiger partial charge in [0.2, 0.25) is 0 Å². The van der Waals surface area contributed by atoms with E-state index in [1.165, 1.54) is 76.6 Å². The molecular formula is C47H57Cl2SiZr. The summed E-state index contributed by atoms with van der Waals surface area (Å²) in [4.78, 5) is 0. The molecule has 4 aromatic rings. The summed E-state index contributed by atoms with van der Waals surface area (Å²) in [5, 5.41) is 0. The Morgan fingerprint density at radius 1 is 0.549 bits per heavy atom. The zero-order valence-electron chi connectivity index (χ0n) is 32.3. The van der Waals surface area contributed by atoms with E-state index in [-0.39, 0.29) is 35.6 Å². The molecule has 1 saturated carbocycles. The van der Waals surface area contributed by atoms with Gasteiger partial charge in [0.15, 0.2) is 0 Å². The number of hydrogen-bond donors (Lipinski definition) is 0. The molecule has 3 atom stereocenters. The van der Waals surface area contributed by atoms with Crippen LogP contribution in [0.1, 0.15) is 128 Å². The van der Waals surface area contributed by atoms with Gasteiger partial charge in [-0.05, 0) is 0 Å². The SMILES string of the molecule is CC1=Cc2c(-c3ccc(C(C)(C)C)cc3)cccc2[CH]1[Zr+2]([CH]1C(C)=Cc2c(-c3ccc(C(C)(C)C)cc3)cccc21)[SiH](C)C1CCCCC1.[Cl-].[Cl-]. The second-order valence-electron chi connectivity index (χ2n) is 17.6. The molecule has 3 unspecified atom stereocenters. The molecule has 7 rings (SSSR count). The maximum absolute atomic E-state index is 2.85. The van der Waals surface area contributed by atoms with E-state index in [2.05, 4.69) is 159 Å². The fourth-order valence-electron chi connectivity index (χ4n) is 9.39. The molecule has 0 N–H and O–H groups in total. The molecule has 0 saturated heterocycles. The molecule has 0 aromatic heterocycles. The Labute approximate surface area is 330 Å². The van der Waals surface area contributed by atoms with Gasteiger partial charge in [-0.2, -0.15) is 0 Å². The van der Waals surface area contributed by atoms with Crippen LogP contribution in [0.3, 0.4) is 0 Å². The van der Waals surface area contributed by atoms with E-state index < -0.39 is 26.8 Å². The molecule has 1 fully saturated rings. The molecule has 4 heteroatoms. The van der Waals surface area contributed by atoms with Crippen LogP contribution < -0.4 is 24.8 Å². The molecule has 0 aliphatic heterocycles. The van der Waals surface area contributed by atoms with E-state index in [0.717, 1.165) is 5.54 Å². The van der Waals surface area contributed by atoms with Gasteiger partial charge in [0.1, 0.15) is 0 Å². The third-order valence-electron chi connectivity index (χ3n) is 12.2. The molecular weight excluding hydrogens is 755 g/mol. The minimum atomic E-state index is -2.23. The second kappa shape index (κ2) is 15.8. The Bertz CT molecular complexity index is 1770. The largest absolute Gasteiger partial charge is 1.00 e. The first-order chi connectivity index (χ1) is 23.3. The summed E-state index contributed by atoms with van der Waals surface area (Å²) in [7, 11) is 0. The fraction of sp³-hybridized carbons (Fsp3) is 0.404. The minimum absolute atomic E-state index is 0. The van der Waals surface area contributed by atoms with Crippen LogP contribution in [0.2, 0.25) is 12.1 Å². The number of fused-ring (bicyclic) bond motifs is 2. The molecule has 0 radical (unpaired) electrons. The number of benzene rings is 4. The number of hydrogen-bond acceptors (Lipinski definition) is 0. The minimum Gasteiger partial charge on any atom is -1.00 e. The van der Waals surface area contributed by atoms with Crippen LogP contribution in [0.5, 0.6) is 0 Å². The van der Waals surface area contributed by atoms with E-state index in [0.29, 0.717) is 7.25 Å². The molecule has 0 bridgehead atoms. The smallest absolute Gasteiger partial charge is 1.00 e. The molecule has 51 heavy (non-hydrogen) atoms. The van der Waals surface area contributed by atoms with Crippen molar-refractivity contribution in [2.24, 2.45) is 0 Å². The number of halogens is 2. The molecule has 0 nitrogen and oxygen atoms in total. The zero-order valence-corrected chi connectivity index (χ0v) is 37.5. The van der Waals surface area contributed by atoms with Gasteiger partial charge in [0, 0.05) is 0 Å². The summed E-state index contributed by atoms with van der Waals surface area (Å²) in [6.45, 7) is 21.7. The molecule has 0 heterocycles. The van der Waals surface area contributed by atoms with E-state index >= 15 is 0 Å². The van der Waals surface area contributed by atoms with Crippen molar-refractivity contribution in [2.45, 2.75) is 118 Å². The normalized spacial score (nSPS) is 19.2. The van der Waals surface area contributed by atoms with Crippen LogP contribution in [0, 0.1) is 0 Å². The summed E-state index contributed by atoms with van der Waals surface area (Å²) in [6, 6.07) is 33.5. The molecule has 3 aliphatic carbocycles. The maximum Gasteiger partial charge on any atom is -1.00 e. The van der Waals surface area contributed by atoms with Gasteiger partial charge < -0.3 is 24.8 Å². The standard InChI is InChI=1S/2C20H21.C7H15Si.2ClH.Zr/c2*1-14-12-16-6-5-7-18(19(16)13-14)15-8-10-17(11-9-15)20(2,3)4;1-8-7-5-3-2-4-6-7;;;/h2*5-13H,1-4H3;7-8H,2-6H2,1H3;2*1H;/q;;;;;+2/p-2. The summed E-state index contributed by atoms with van der Waals surface area (Å²) in [5.41, 5.74) is 19.4. The first kappa shape index (κ1) is 40.2. The van der Waals surface area contributed by atoms with Crippen LogP contribution >= 0.6 is 0 Å². The number of rotatable bonds is 6. The number of allylic oxidation sites excluding steroid dienone is 2. The van der Waals surface area contributed by atoms with Crippen molar-refractivity contribution in [2.75, 3.05) is 0 Å². The van der Waals surface area contributed by atoms with Gasteiger partial charge in [-0.25, -0.2) is 0 Å². The van der Waals surface area contributed by atoms with Crippen molar-refractivity contribution in [3.05, 3.63) is 129 Å². The van der Waals surface area contributed by atoms with Crippen LogP contribution in [0.15, 0.2) is 96.1 Å². The van der Waals surface area contributed by atoms with Crippen molar-refractivity contribution in [3.8, 4) is 22.3 Å². The fourth-order valence-corrected chi connectivity index (χ4v) is 38.7. The average molecular weight is 812 g/mol. The van der Waals surface area contributed by atoms with Crippen molar-refractivity contribution in [1.29, 1.82) is 0 Å². The predicted molar refractivity (Wildman–Crippen MR) is 214 cm³/mol. The van der Waals surface area contributed by atoms with Gasteiger partial charge in [-0.3, -0.25) is 0 Å². The summed E-state index contributed by atoms with van der Waals surface area (Å²) in [5.74, 6) is -1.02. The van der Waals surface area contributed by atoms with Crippen molar-refractivity contribution in [3.63, 3.8) is 0 Å². The molecule has 0 spiro atoms. The summed E-state index contributed by atoms with van der Waals surface area (Å²) in [6.07, 6.45) is 12.6. The monoisotopic (exact) mass is 809 g/mol. The van der Waals surface area contributed by atoms with E-state index in [4.69, 9.17) is 0 Å². The topological polar surface area (TPSA) is 0 Å². The molecule has 267 valence electrons. The third-order valence-corrected chi connectivity index (χ3v) is 37.6. The van der Waals surface area contributed by atoms with E-state index in [1.807, 2.05) is 0 Å². The Hall–Kier alpha value is -1.96. The van der Waals surface area contributed by atoms with Crippen LogP contribution in [0.4, 0.5) is 0 Å². The summed E-state index contributed by atoms with van der Waals surface area (Å²) >= 11 is -2.23. The van der Waals surface area contributed by atoms with Gasteiger partial charge in [-0.15, -0.1) is 0 Å². The third kappa shape index (κ3) is 7.83. The van der Waals surface area contributed by atoms with E-state index in [9.17, 15) is 0 Å². The van der Waals surface area contributed by atoms with Crippen LogP contribution in [-0.4, -0.2) is 5.92 Å². The second-order valence-corrected chi connectivity index (χ2v) is 36.1. The van der Waals surface area contributed by atoms with Crippen molar-refractivity contribution in [1.82, 2.24) is 0 Å². The Kier molecular flexibility index (Phi) is 12.5. The first-order valence-corrected chi connectivity index (χ1v) is 28.5. The van der Waals surface area contributed by atoms with Gasteiger partial charge >= 0.3 is 308 Å². The Balaban J connectivity index is 0.00000252. The quantitative estimate of drug-likeness (QED) is 0.177. The van der Waals surface area contributed by atoms with Gasteiger partial charge in [0.25, 0.3) is 0 Å². The van der Waals surface area contributed by atoms with Crippen molar-refractivity contribution >= 4 is 18.1 Å². The maximum atomic E-state index is 2.85. The molecule has 3 aliphatic rings. The predicted octanol–water partition coefficient (Wildman–Crippen LogP) is 7.55. The van der Waals surface area contributed by atoms with Gasteiger partial charge in [0.05, 0.1) is 0 Å². The average Bonchev–Trinajstić information content (AvgIpc) is 3.60. The van der Waals surface area contributed by atoms with E-state index in [1.54, 1.807) is 22.3 Å². The van der Waals surface area contributed by atoms with Crippen LogP contribution in [0.25, 0.3) is 34.4 Å². The first-order valence-electron chi connectivity index (χ1n) is 19.0. The molecule has 4 aromatic carbocycles. The Morgan fingerprint density at radius 2 is 0.941 bits per heavy atom.